The summed E-state index contributed by atoms with van der Waals surface area (Å²) in [7, 11) is 0. The summed E-state index contributed by atoms with van der Waals surface area (Å²) in [6.07, 6.45) is -1.18. The van der Waals surface area contributed by atoms with Gasteiger partial charge in [0, 0.05) is 24.4 Å². The van der Waals surface area contributed by atoms with Gasteiger partial charge >= 0.3 is 6.18 Å². The number of hydrogen-bond donors (Lipinski definition) is 0. The molecule has 1 amide bonds. The zero-order chi connectivity index (χ0) is 17.8. The highest BCUT2D eigenvalue weighted by Gasteiger charge is 2.63. The quantitative estimate of drug-likeness (QED) is 0.780. The molecule has 25 heavy (non-hydrogen) atoms. The Bertz CT molecular complexity index is 765. The molecule has 8 heteroatoms. The fourth-order valence-corrected chi connectivity index (χ4v) is 4.35. The predicted molar refractivity (Wildman–Crippen MR) is 79.4 cm³/mol. The number of nitrogens with zero attached hydrogens (tertiary/aromatic N) is 3. The fourth-order valence-electron chi connectivity index (χ4n) is 4.35. The monoisotopic (exact) mass is 351 g/mol. The van der Waals surface area contributed by atoms with Crippen LogP contribution in [0.15, 0.2) is 12.4 Å². The van der Waals surface area contributed by atoms with Crippen molar-refractivity contribution in [3.05, 3.63) is 23.5 Å². The highest BCUT2D eigenvalue weighted by atomic mass is 19.4. The van der Waals surface area contributed by atoms with Gasteiger partial charge in [0.15, 0.2) is 0 Å². The van der Waals surface area contributed by atoms with E-state index in [1.165, 1.54) is 17.3 Å². The van der Waals surface area contributed by atoms with Crippen molar-refractivity contribution in [2.24, 2.45) is 5.41 Å². The van der Waals surface area contributed by atoms with Crippen LogP contribution in [-0.2, 0) is 4.79 Å². The van der Waals surface area contributed by atoms with Crippen molar-refractivity contribution < 1.29 is 22.7 Å². The van der Waals surface area contributed by atoms with Crippen LogP contribution in [-0.4, -0.2) is 34.6 Å². The normalized spacial score (nSPS) is 26.7. The Morgan fingerprint density at radius 2 is 2.08 bits per heavy atom. The van der Waals surface area contributed by atoms with E-state index < -0.39 is 23.5 Å². The van der Waals surface area contributed by atoms with Crippen LogP contribution in [0.3, 0.4) is 0 Å². The topological polar surface area (TPSA) is 66.2 Å². The van der Waals surface area contributed by atoms with Crippen molar-refractivity contribution in [2.75, 3.05) is 6.54 Å². The van der Waals surface area contributed by atoms with E-state index in [0.29, 0.717) is 30.6 Å². The number of hydrogen-bond acceptors (Lipinski definition) is 4. The molecule has 2 bridgehead atoms. The van der Waals surface area contributed by atoms with Crippen molar-refractivity contribution in [2.45, 2.75) is 50.4 Å². The number of amides is 1. The lowest BCUT2D eigenvalue weighted by Crippen LogP contribution is -2.50. The summed E-state index contributed by atoms with van der Waals surface area (Å²) in [6, 6.07) is 1.47. The van der Waals surface area contributed by atoms with Gasteiger partial charge in [0.05, 0.1) is 12.6 Å². The van der Waals surface area contributed by atoms with Crippen LogP contribution in [0, 0.1) is 16.7 Å². The summed E-state index contributed by atoms with van der Waals surface area (Å²) in [5, 5.41) is 9.18. The first-order valence-corrected chi connectivity index (χ1v) is 8.30. The summed E-state index contributed by atoms with van der Waals surface area (Å²) in [4.78, 5) is 18.3. The van der Waals surface area contributed by atoms with E-state index in [9.17, 15) is 23.2 Å². The lowest BCUT2D eigenvalue weighted by Gasteiger charge is -2.36. The van der Waals surface area contributed by atoms with Crippen LogP contribution in [0.2, 0.25) is 0 Å². The van der Waals surface area contributed by atoms with Crippen LogP contribution >= 0.6 is 0 Å². The number of halogens is 3. The summed E-state index contributed by atoms with van der Waals surface area (Å²) in [6.45, 7) is 0.112. The number of alkyl halides is 3. The Hall–Kier alpha value is -2.30. The molecule has 0 unspecified atom stereocenters. The van der Waals surface area contributed by atoms with Crippen molar-refractivity contribution in [1.29, 1.82) is 5.26 Å². The van der Waals surface area contributed by atoms with Gasteiger partial charge in [-0.1, -0.05) is 12.8 Å². The number of pyridine rings is 1. The van der Waals surface area contributed by atoms with Gasteiger partial charge in [-0.15, -0.1) is 0 Å². The number of carbonyl (C=O) groups is 1. The number of ether oxygens (including phenoxy) is 1. The van der Waals surface area contributed by atoms with Crippen LogP contribution in [0.25, 0.3) is 0 Å². The molecule has 4 rings (SSSR count). The van der Waals surface area contributed by atoms with E-state index in [2.05, 4.69) is 4.98 Å². The Balaban J connectivity index is 1.73. The zero-order valence-electron chi connectivity index (χ0n) is 13.3. The highest BCUT2D eigenvalue weighted by Crippen LogP contribution is 2.54. The Morgan fingerprint density at radius 1 is 1.36 bits per heavy atom. The number of carbonyl (C=O) groups excluding carboxylic acids is 1. The molecule has 3 aliphatic rings. The molecule has 1 saturated heterocycles. The van der Waals surface area contributed by atoms with Gasteiger partial charge < -0.3 is 9.64 Å². The number of likely N-dealkylation sites (tertiary alicyclic amines) is 1. The molecule has 5 nitrogen and oxygen atoms in total. The zero-order valence-corrected chi connectivity index (χ0v) is 13.3. The largest absolute Gasteiger partial charge is 0.487 e. The third-order valence-electron chi connectivity index (χ3n) is 5.62. The minimum atomic E-state index is -4.56. The standard InChI is InChI=1S/C17H16F3N3O2/c18-17(19,20)16(3-1-2-4-16)15(24)23-9-11-5-13(23)12-8-22-7-10(6-21)14(12)25-11/h7-8,11,13H,1-5,9H2/t11-,13-/m0/s1. The van der Waals surface area contributed by atoms with E-state index in [0.717, 1.165) is 0 Å². The van der Waals surface area contributed by atoms with Gasteiger partial charge in [-0.3, -0.25) is 9.78 Å². The molecular weight excluding hydrogens is 335 g/mol. The highest BCUT2D eigenvalue weighted by molar-refractivity contribution is 5.85. The second-order valence-electron chi connectivity index (χ2n) is 6.95. The van der Waals surface area contributed by atoms with E-state index in [1.54, 1.807) is 0 Å². The lowest BCUT2D eigenvalue weighted by atomic mass is 9.83. The molecule has 0 radical (unpaired) electrons. The third-order valence-corrected chi connectivity index (χ3v) is 5.62. The van der Waals surface area contributed by atoms with Crippen LogP contribution in [0.5, 0.6) is 5.75 Å². The third kappa shape index (κ3) is 2.21. The second-order valence-corrected chi connectivity index (χ2v) is 6.95. The number of fused-ring (bicyclic) bond motifs is 4. The van der Waals surface area contributed by atoms with E-state index in [-0.39, 0.29) is 31.1 Å². The van der Waals surface area contributed by atoms with Gasteiger partial charge in [-0.25, -0.2) is 0 Å². The van der Waals surface area contributed by atoms with Gasteiger partial charge in [0.25, 0.3) is 0 Å². The molecule has 132 valence electrons. The maximum atomic E-state index is 13.7. The van der Waals surface area contributed by atoms with Gasteiger partial charge in [-0.2, -0.15) is 18.4 Å². The Morgan fingerprint density at radius 3 is 2.72 bits per heavy atom. The molecule has 0 spiro atoms. The van der Waals surface area contributed by atoms with Crippen molar-refractivity contribution in [3.8, 4) is 11.8 Å². The maximum Gasteiger partial charge on any atom is 0.403 e. The molecule has 3 heterocycles. The number of rotatable bonds is 1. The summed E-state index contributed by atoms with van der Waals surface area (Å²) in [5.41, 5.74) is -1.52. The van der Waals surface area contributed by atoms with E-state index in [1.807, 2.05) is 6.07 Å². The molecule has 1 aromatic heterocycles. The van der Waals surface area contributed by atoms with Gasteiger partial charge in [0.2, 0.25) is 5.91 Å². The molecule has 2 fully saturated rings. The van der Waals surface area contributed by atoms with Crippen LogP contribution in [0.1, 0.15) is 49.3 Å². The SMILES string of the molecule is N#Cc1cncc2c1O[C@H]1C[C@@H]2N(C(=O)C2(C(F)(F)F)CCCC2)C1. The first kappa shape index (κ1) is 16.2. The summed E-state index contributed by atoms with van der Waals surface area (Å²) >= 11 is 0. The summed E-state index contributed by atoms with van der Waals surface area (Å²) in [5.74, 6) is -0.509. The minimum absolute atomic E-state index is 0.112. The van der Waals surface area contributed by atoms with Crippen molar-refractivity contribution in [3.63, 3.8) is 0 Å². The number of nitriles is 1. The Kier molecular flexibility index (Phi) is 3.46. The summed E-state index contributed by atoms with van der Waals surface area (Å²) < 4.78 is 47.0. The van der Waals surface area contributed by atoms with E-state index in [4.69, 9.17) is 4.74 Å². The van der Waals surface area contributed by atoms with Crippen LogP contribution < -0.4 is 4.74 Å². The second kappa shape index (κ2) is 5.35. The first-order valence-electron chi connectivity index (χ1n) is 8.30. The van der Waals surface area contributed by atoms with E-state index >= 15 is 0 Å². The molecule has 1 saturated carbocycles. The average Bonchev–Trinajstić information content (AvgIpc) is 3.20. The van der Waals surface area contributed by atoms with Crippen LogP contribution in [0.4, 0.5) is 13.2 Å². The van der Waals surface area contributed by atoms with Gasteiger partial charge in [-0.05, 0) is 12.8 Å². The molecular formula is C17H16F3N3O2. The minimum Gasteiger partial charge on any atom is -0.487 e. The average molecular weight is 351 g/mol. The molecule has 1 aliphatic carbocycles. The number of aromatic nitrogens is 1. The van der Waals surface area contributed by atoms with Crippen molar-refractivity contribution >= 4 is 5.91 Å². The molecule has 0 aromatic carbocycles. The molecule has 2 atom stereocenters. The van der Waals surface area contributed by atoms with Crippen molar-refractivity contribution in [1.82, 2.24) is 9.88 Å². The first-order chi connectivity index (χ1) is 11.9. The predicted octanol–water partition coefficient (Wildman–Crippen LogP) is 3.11. The Labute approximate surface area is 142 Å². The fraction of sp³-hybridized carbons (Fsp3) is 0.588. The molecule has 1 aromatic rings. The molecule has 0 N–H and O–H groups in total. The smallest absolute Gasteiger partial charge is 0.403 e. The van der Waals surface area contributed by atoms with Gasteiger partial charge in [0.1, 0.15) is 28.9 Å². The molecule has 2 aliphatic heterocycles. The maximum absolute atomic E-state index is 13.7. The lowest BCUT2D eigenvalue weighted by molar-refractivity contribution is -0.226.